The monoisotopic (exact) mass is 382 g/mol. The zero-order chi connectivity index (χ0) is 17.9. The Morgan fingerprint density at radius 3 is 2.67 bits per heavy atom. The van der Waals surface area contributed by atoms with Crippen LogP contribution in [-0.4, -0.2) is 18.3 Å². The van der Waals surface area contributed by atoms with Gasteiger partial charge in [-0.05, 0) is 37.6 Å². The Bertz CT molecular complexity index is 856. The fourth-order valence-electron chi connectivity index (χ4n) is 1.97. The highest BCUT2D eigenvalue weighted by atomic mass is 35.5. The summed E-state index contributed by atoms with van der Waals surface area (Å²) in [4.78, 5) is 24.0. The van der Waals surface area contributed by atoms with Crippen LogP contribution in [0.3, 0.4) is 0 Å². The molecule has 0 aliphatic heterocycles. The van der Waals surface area contributed by atoms with Crippen molar-refractivity contribution in [3.63, 3.8) is 0 Å². The van der Waals surface area contributed by atoms with Crippen LogP contribution in [0.2, 0.25) is 10.0 Å². The van der Waals surface area contributed by atoms with Crippen LogP contribution >= 0.6 is 34.5 Å². The number of halogens is 2. The number of nitrogens with one attached hydrogen (secondary N) is 1. The molecule has 1 N–H and O–H groups in total. The van der Waals surface area contributed by atoms with Gasteiger partial charge in [-0.2, -0.15) is 5.26 Å². The van der Waals surface area contributed by atoms with Gasteiger partial charge in [-0.1, -0.05) is 23.2 Å². The van der Waals surface area contributed by atoms with Crippen molar-refractivity contribution in [3.05, 3.63) is 44.2 Å². The molecule has 8 heteroatoms. The number of carbonyl (C=O) groups is 2. The van der Waals surface area contributed by atoms with E-state index in [0.29, 0.717) is 31.2 Å². The van der Waals surface area contributed by atoms with E-state index in [0.717, 1.165) is 11.3 Å². The van der Waals surface area contributed by atoms with E-state index in [9.17, 15) is 14.9 Å². The first-order valence-corrected chi connectivity index (χ1v) is 8.32. The van der Waals surface area contributed by atoms with Crippen LogP contribution < -0.4 is 10.1 Å². The number of Topliss-reactive ketones (excluding diaryl/α,β-unsaturated/α-hetero) is 1. The quantitative estimate of drug-likeness (QED) is 0.774. The van der Waals surface area contributed by atoms with Gasteiger partial charge in [-0.3, -0.25) is 9.59 Å². The highest BCUT2D eigenvalue weighted by Crippen LogP contribution is 2.33. The van der Waals surface area contributed by atoms with Gasteiger partial charge in [-0.25, -0.2) is 0 Å². The van der Waals surface area contributed by atoms with E-state index in [-0.39, 0.29) is 18.0 Å². The minimum atomic E-state index is -0.464. The van der Waals surface area contributed by atoms with Gasteiger partial charge in [0.15, 0.2) is 12.4 Å². The van der Waals surface area contributed by atoms with Gasteiger partial charge in [-0.15, -0.1) is 11.3 Å². The number of carbonyl (C=O) groups excluding carboxylic acids is 2. The fraction of sp³-hybridized carbons (Fsp3) is 0.188. The van der Waals surface area contributed by atoms with Gasteiger partial charge >= 0.3 is 0 Å². The maximum atomic E-state index is 12.0. The van der Waals surface area contributed by atoms with Gasteiger partial charge in [0.25, 0.3) is 5.91 Å². The SMILES string of the molecule is CC(=O)c1sc(NC(=O)COc2ccc(Cl)cc2Cl)c(C#N)c1C. The number of anilines is 1. The van der Waals surface area contributed by atoms with Gasteiger partial charge in [0.2, 0.25) is 0 Å². The summed E-state index contributed by atoms with van der Waals surface area (Å²) < 4.78 is 5.34. The molecule has 2 aromatic rings. The summed E-state index contributed by atoms with van der Waals surface area (Å²) in [7, 11) is 0. The molecule has 0 bridgehead atoms. The standard InChI is InChI=1S/C16H12Cl2N2O3S/c1-8-11(6-19)16(24-15(8)9(2)21)20-14(22)7-23-13-4-3-10(17)5-12(13)18/h3-5H,7H2,1-2H3,(H,20,22). The number of hydrogen-bond acceptors (Lipinski definition) is 5. The number of benzene rings is 1. The van der Waals surface area contributed by atoms with Crippen molar-refractivity contribution in [2.24, 2.45) is 0 Å². The van der Waals surface area contributed by atoms with E-state index in [1.54, 1.807) is 19.1 Å². The molecule has 0 radical (unpaired) electrons. The molecule has 0 atom stereocenters. The van der Waals surface area contributed by atoms with Gasteiger partial charge in [0, 0.05) is 5.02 Å². The molecular formula is C16H12Cl2N2O3S. The van der Waals surface area contributed by atoms with Crippen molar-refractivity contribution < 1.29 is 14.3 Å². The molecule has 0 aliphatic carbocycles. The Balaban J connectivity index is 2.09. The molecule has 0 fully saturated rings. The molecule has 24 heavy (non-hydrogen) atoms. The number of nitrogens with zero attached hydrogens (tertiary/aromatic N) is 1. The molecule has 0 aliphatic rings. The minimum Gasteiger partial charge on any atom is -0.482 e. The first kappa shape index (κ1) is 18.3. The van der Waals surface area contributed by atoms with Gasteiger partial charge in [0.05, 0.1) is 15.5 Å². The Hall–Kier alpha value is -2.07. The lowest BCUT2D eigenvalue weighted by molar-refractivity contribution is -0.118. The lowest BCUT2D eigenvalue weighted by atomic mass is 10.1. The van der Waals surface area contributed by atoms with E-state index in [2.05, 4.69) is 5.32 Å². The average Bonchev–Trinajstić information content (AvgIpc) is 2.82. The number of amides is 1. The average molecular weight is 383 g/mol. The Morgan fingerprint density at radius 2 is 2.08 bits per heavy atom. The number of ketones is 1. The maximum absolute atomic E-state index is 12.0. The molecule has 1 heterocycles. The third-order valence-electron chi connectivity index (χ3n) is 3.08. The predicted molar refractivity (Wildman–Crippen MR) is 94.4 cm³/mol. The van der Waals surface area contributed by atoms with E-state index in [1.807, 2.05) is 6.07 Å². The molecule has 5 nitrogen and oxygen atoms in total. The summed E-state index contributed by atoms with van der Waals surface area (Å²) in [5.74, 6) is -0.295. The van der Waals surface area contributed by atoms with Crippen molar-refractivity contribution in [1.29, 1.82) is 5.26 Å². The van der Waals surface area contributed by atoms with E-state index < -0.39 is 5.91 Å². The summed E-state index contributed by atoms with van der Waals surface area (Å²) in [5.41, 5.74) is 0.843. The second kappa shape index (κ2) is 7.67. The van der Waals surface area contributed by atoms with Crippen LogP contribution in [-0.2, 0) is 4.79 Å². The van der Waals surface area contributed by atoms with Crippen LogP contribution in [0.1, 0.15) is 27.7 Å². The van der Waals surface area contributed by atoms with Crippen LogP contribution in [0.5, 0.6) is 5.75 Å². The van der Waals surface area contributed by atoms with E-state index in [1.165, 1.54) is 13.0 Å². The summed E-state index contributed by atoms with van der Waals surface area (Å²) in [5, 5.41) is 12.9. The third kappa shape index (κ3) is 4.06. The zero-order valence-electron chi connectivity index (χ0n) is 12.8. The second-order valence-electron chi connectivity index (χ2n) is 4.84. The largest absolute Gasteiger partial charge is 0.482 e. The number of rotatable bonds is 5. The van der Waals surface area contributed by atoms with Crippen LogP contribution in [0.15, 0.2) is 18.2 Å². The van der Waals surface area contributed by atoms with Crippen molar-refractivity contribution in [1.82, 2.24) is 0 Å². The van der Waals surface area contributed by atoms with Crippen molar-refractivity contribution >= 4 is 51.2 Å². The molecule has 124 valence electrons. The summed E-state index contributed by atoms with van der Waals surface area (Å²) in [6.45, 7) is 2.79. The summed E-state index contributed by atoms with van der Waals surface area (Å²) >= 11 is 12.8. The molecule has 0 saturated heterocycles. The van der Waals surface area contributed by atoms with Crippen LogP contribution in [0.4, 0.5) is 5.00 Å². The first-order valence-electron chi connectivity index (χ1n) is 6.75. The smallest absolute Gasteiger partial charge is 0.262 e. The molecule has 0 unspecified atom stereocenters. The Kier molecular flexibility index (Phi) is 5.84. The number of ether oxygens (including phenoxy) is 1. The molecule has 1 aromatic heterocycles. The fourth-order valence-corrected chi connectivity index (χ4v) is 3.50. The maximum Gasteiger partial charge on any atom is 0.262 e. The van der Waals surface area contributed by atoms with Crippen LogP contribution in [0, 0.1) is 18.3 Å². The summed E-state index contributed by atoms with van der Waals surface area (Å²) in [6.07, 6.45) is 0. The minimum absolute atomic E-state index is 0.154. The second-order valence-corrected chi connectivity index (χ2v) is 6.70. The highest BCUT2D eigenvalue weighted by Gasteiger charge is 2.19. The number of nitriles is 1. The molecule has 0 saturated carbocycles. The van der Waals surface area contributed by atoms with Crippen LogP contribution in [0.25, 0.3) is 0 Å². The predicted octanol–water partition coefficient (Wildman–Crippen LogP) is 4.46. The number of thiophene rings is 1. The highest BCUT2D eigenvalue weighted by molar-refractivity contribution is 7.18. The molecule has 1 amide bonds. The lowest BCUT2D eigenvalue weighted by Gasteiger charge is -2.08. The van der Waals surface area contributed by atoms with Crippen molar-refractivity contribution in [2.75, 3.05) is 11.9 Å². The van der Waals surface area contributed by atoms with Crippen molar-refractivity contribution in [3.8, 4) is 11.8 Å². The number of hydrogen-bond donors (Lipinski definition) is 1. The van der Waals surface area contributed by atoms with E-state index >= 15 is 0 Å². The van der Waals surface area contributed by atoms with Gasteiger partial charge < -0.3 is 10.1 Å². The third-order valence-corrected chi connectivity index (χ3v) is 4.92. The first-order chi connectivity index (χ1) is 11.3. The summed E-state index contributed by atoms with van der Waals surface area (Å²) in [6, 6.07) is 6.66. The van der Waals surface area contributed by atoms with E-state index in [4.69, 9.17) is 27.9 Å². The molecule has 2 rings (SSSR count). The topological polar surface area (TPSA) is 79.2 Å². The normalized spacial score (nSPS) is 10.1. The zero-order valence-corrected chi connectivity index (χ0v) is 15.1. The lowest BCUT2D eigenvalue weighted by Crippen LogP contribution is -2.20. The van der Waals surface area contributed by atoms with Crippen molar-refractivity contribution in [2.45, 2.75) is 13.8 Å². The Morgan fingerprint density at radius 1 is 1.38 bits per heavy atom. The molecule has 0 spiro atoms. The van der Waals surface area contributed by atoms with Gasteiger partial charge in [0.1, 0.15) is 16.8 Å². The molecular weight excluding hydrogens is 371 g/mol. The Labute approximate surface area is 152 Å². The molecule has 1 aromatic carbocycles.